The first-order valence-corrected chi connectivity index (χ1v) is 9.69. The number of halogens is 2. The number of primary amides is 1. The third-order valence-electron chi connectivity index (χ3n) is 4.69. The van der Waals surface area contributed by atoms with Crippen molar-refractivity contribution in [1.82, 2.24) is 0 Å². The molecule has 2 aromatic carbocycles. The molecule has 0 bridgehead atoms. The van der Waals surface area contributed by atoms with Crippen molar-refractivity contribution in [3.8, 4) is 5.75 Å². The molecule has 28 heavy (non-hydrogen) atoms. The van der Waals surface area contributed by atoms with Crippen LogP contribution in [0.2, 0.25) is 10.0 Å². The predicted molar refractivity (Wildman–Crippen MR) is 112 cm³/mol. The number of carbonyl (C=O) groups excluding carboxylic acids is 2. The van der Waals surface area contributed by atoms with E-state index in [9.17, 15) is 9.59 Å². The summed E-state index contributed by atoms with van der Waals surface area (Å²) in [4.78, 5) is 26.6. The van der Waals surface area contributed by atoms with Gasteiger partial charge < -0.3 is 20.7 Å². The van der Waals surface area contributed by atoms with Gasteiger partial charge in [-0.1, -0.05) is 23.2 Å². The number of ether oxygens (including phenoxy) is 1. The van der Waals surface area contributed by atoms with Crippen molar-refractivity contribution in [3.63, 3.8) is 0 Å². The summed E-state index contributed by atoms with van der Waals surface area (Å²) in [6.07, 6.45) is 3.34. The number of piperidine rings is 1. The van der Waals surface area contributed by atoms with Crippen LogP contribution in [-0.4, -0.2) is 32.0 Å². The number of nitrogens with zero attached hydrogens (tertiary/aromatic N) is 1. The number of rotatable bonds is 5. The largest absolute Gasteiger partial charge is 0.494 e. The van der Waals surface area contributed by atoms with Crippen LogP contribution in [-0.2, 0) is 0 Å². The Morgan fingerprint density at radius 3 is 2.25 bits per heavy atom. The predicted octanol–water partition coefficient (Wildman–Crippen LogP) is 4.34. The molecule has 3 N–H and O–H groups in total. The lowest BCUT2D eigenvalue weighted by Gasteiger charge is -2.30. The van der Waals surface area contributed by atoms with E-state index in [-0.39, 0.29) is 15.6 Å². The van der Waals surface area contributed by atoms with Crippen LogP contribution in [0.4, 0.5) is 11.4 Å². The van der Waals surface area contributed by atoms with Crippen molar-refractivity contribution >= 4 is 46.4 Å². The maximum Gasteiger partial charge on any atom is 0.255 e. The van der Waals surface area contributed by atoms with Gasteiger partial charge >= 0.3 is 0 Å². The lowest BCUT2D eigenvalue weighted by atomic mass is 10.1. The van der Waals surface area contributed by atoms with Gasteiger partial charge in [0, 0.05) is 24.2 Å². The van der Waals surface area contributed by atoms with Crippen LogP contribution in [0.3, 0.4) is 0 Å². The van der Waals surface area contributed by atoms with Gasteiger partial charge in [-0.05, 0) is 49.6 Å². The Bertz CT molecular complexity index is 889. The number of nitrogens with two attached hydrogens (primary N) is 1. The quantitative estimate of drug-likeness (QED) is 0.751. The second kappa shape index (κ2) is 8.71. The molecule has 0 aromatic heterocycles. The minimum Gasteiger partial charge on any atom is -0.494 e. The van der Waals surface area contributed by atoms with Gasteiger partial charge in [0.1, 0.15) is 0 Å². The van der Waals surface area contributed by atoms with Crippen molar-refractivity contribution in [3.05, 3.63) is 51.5 Å². The summed E-state index contributed by atoms with van der Waals surface area (Å²) >= 11 is 12.3. The third-order valence-corrected chi connectivity index (χ3v) is 5.25. The van der Waals surface area contributed by atoms with E-state index < -0.39 is 11.8 Å². The van der Waals surface area contributed by atoms with Crippen LogP contribution >= 0.6 is 23.2 Å². The van der Waals surface area contributed by atoms with E-state index in [1.165, 1.54) is 25.7 Å². The van der Waals surface area contributed by atoms with Gasteiger partial charge in [0.05, 0.1) is 28.5 Å². The molecule has 0 aliphatic carbocycles. The summed E-state index contributed by atoms with van der Waals surface area (Å²) in [6, 6.07) is 8.05. The molecule has 1 fully saturated rings. The Balaban J connectivity index is 1.94. The van der Waals surface area contributed by atoms with Crippen LogP contribution in [0.5, 0.6) is 5.75 Å². The fourth-order valence-corrected chi connectivity index (χ4v) is 3.92. The molecule has 2 amide bonds. The van der Waals surface area contributed by atoms with E-state index in [1.54, 1.807) is 12.1 Å². The van der Waals surface area contributed by atoms with Gasteiger partial charge in [0.15, 0.2) is 5.75 Å². The molecule has 0 atom stereocenters. The number of methoxy groups -OCH3 is 1. The van der Waals surface area contributed by atoms with Gasteiger partial charge in [0.25, 0.3) is 5.91 Å². The molecule has 1 saturated heterocycles. The number of amides is 2. The molecule has 1 aliphatic rings. The minimum absolute atomic E-state index is 0.238. The topological polar surface area (TPSA) is 84.7 Å². The first-order valence-electron chi connectivity index (χ1n) is 8.94. The molecule has 0 unspecified atom stereocenters. The molecule has 1 heterocycles. The number of benzene rings is 2. The average molecular weight is 422 g/mol. The zero-order chi connectivity index (χ0) is 20.3. The highest BCUT2D eigenvalue weighted by Gasteiger charge is 2.19. The molecule has 148 valence electrons. The molecule has 0 radical (unpaired) electrons. The van der Waals surface area contributed by atoms with Gasteiger partial charge in [-0.15, -0.1) is 0 Å². The number of nitrogens with one attached hydrogen (secondary N) is 1. The monoisotopic (exact) mass is 421 g/mol. The normalized spacial score (nSPS) is 13.9. The Hall–Kier alpha value is -2.44. The Morgan fingerprint density at radius 2 is 1.68 bits per heavy atom. The van der Waals surface area contributed by atoms with Crippen molar-refractivity contribution in [2.24, 2.45) is 5.73 Å². The molecular formula is C20H21Cl2N3O3. The second-order valence-electron chi connectivity index (χ2n) is 6.57. The highest BCUT2D eigenvalue weighted by molar-refractivity contribution is 6.37. The SMILES string of the molecule is COc1c(Cl)cc(C(=O)Nc2cc(C(N)=O)ccc2N2CCCCC2)cc1Cl. The van der Waals surface area contributed by atoms with Gasteiger partial charge in [-0.3, -0.25) is 9.59 Å². The Kier molecular flexibility index (Phi) is 6.31. The smallest absolute Gasteiger partial charge is 0.255 e. The van der Waals surface area contributed by atoms with Crippen LogP contribution in [0.15, 0.2) is 30.3 Å². The minimum atomic E-state index is -0.559. The molecule has 0 saturated carbocycles. The third kappa shape index (κ3) is 4.34. The maximum atomic E-state index is 12.8. The van der Waals surface area contributed by atoms with Gasteiger partial charge in [-0.25, -0.2) is 0 Å². The summed E-state index contributed by atoms with van der Waals surface area (Å²) < 4.78 is 5.12. The van der Waals surface area contributed by atoms with E-state index in [2.05, 4.69) is 10.2 Å². The van der Waals surface area contributed by atoms with Crippen molar-refractivity contribution in [2.45, 2.75) is 19.3 Å². The van der Waals surface area contributed by atoms with Crippen LogP contribution in [0.1, 0.15) is 40.0 Å². The maximum absolute atomic E-state index is 12.8. The molecule has 8 heteroatoms. The Morgan fingerprint density at radius 1 is 1.04 bits per heavy atom. The van der Waals surface area contributed by atoms with Crippen LogP contribution in [0.25, 0.3) is 0 Å². The summed E-state index contributed by atoms with van der Waals surface area (Å²) in [6.45, 7) is 1.78. The van der Waals surface area contributed by atoms with Crippen molar-refractivity contribution < 1.29 is 14.3 Å². The van der Waals surface area contributed by atoms with Crippen LogP contribution in [0, 0.1) is 0 Å². The standard InChI is InChI=1S/C20H21Cl2N3O3/c1-28-18-14(21)9-13(10-15(18)22)20(27)24-16-11-12(19(23)26)5-6-17(16)25-7-3-2-4-8-25/h5-6,9-11H,2-4,7-8H2,1H3,(H2,23,26)(H,24,27). The zero-order valence-corrected chi connectivity index (χ0v) is 16.9. The first kappa shape index (κ1) is 20.3. The van der Waals surface area contributed by atoms with Crippen molar-refractivity contribution in [1.29, 1.82) is 0 Å². The average Bonchev–Trinajstić information content (AvgIpc) is 2.68. The zero-order valence-electron chi connectivity index (χ0n) is 15.4. The molecule has 1 aliphatic heterocycles. The van der Waals surface area contributed by atoms with Crippen molar-refractivity contribution in [2.75, 3.05) is 30.4 Å². The van der Waals surface area contributed by atoms with Gasteiger partial charge in [0.2, 0.25) is 5.91 Å². The Labute approximate surface area is 173 Å². The second-order valence-corrected chi connectivity index (χ2v) is 7.39. The number of hydrogen-bond acceptors (Lipinski definition) is 4. The van der Waals surface area contributed by atoms with E-state index >= 15 is 0 Å². The first-order chi connectivity index (χ1) is 13.4. The summed E-state index contributed by atoms with van der Waals surface area (Å²) in [5.41, 5.74) is 7.38. The molecule has 3 rings (SSSR count). The lowest BCUT2D eigenvalue weighted by molar-refractivity contribution is 0.0996. The van der Waals surface area contributed by atoms with E-state index in [4.69, 9.17) is 33.7 Å². The number of anilines is 2. The molecule has 0 spiro atoms. The van der Waals surface area contributed by atoms with E-state index in [1.807, 2.05) is 6.07 Å². The summed E-state index contributed by atoms with van der Waals surface area (Å²) in [5, 5.41) is 3.34. The number of carbonyl (C=O) groups is 2. The van der Waals surface area contributed by atoms with E-state index in [0.29, 0.717) is 17.0 Å². The summed E-state index contributed by atoms with van der Waals surface area (Å²) in [5.74, 6) is -0.646. The summed E-state index contributed by atoms with van der Waals surface area (Å²) in [7, 11) is 1.45. The van der Waals surface area contributed by atoms with Crippen LogP contribution < -0.4 is 20.7 Å². The number of hydrogen-bond donors (Lipinski definition) is 2. The van der Waals surface area contributed by atoms with Gasteiger partial charge in [-0.2, -0.15) is 0 Å². The van der Waals surface area contributed by atoms with E-state index in [0.717, 1.165) is 31.6 Å². The fourth-order valence-electron chi connectivity index (χ4n) is 3.28. The molecule has 6 nitrogen and oxygen atoms in total. The lowest BCUT2D eigenvalue weighted by Crippen LogP contribution is -2.30. The highest BCUT2D eigenvalue weighted by atomic mass is 35.5. The fraction of sp³-hybridized carbons (Fsp3) is 0.300. The molecule has 2 aromatic rings. The highest BCUT2D eigenvalue weighted by Crippen LogP contribution is 2.35. The molecular weight excluding hydrogens is 401 g/mol.